The lowest BCUT2D eigenvalue weighted by Crippen LogP contribution is -2.48. The highest BCUT2D eigenvalue weighted by molar-refractivity contribution is 5.84. The van der Waals surface area contributed by atoms with Gasteiger partial charge in [-0.3, -0.25) is 4.79 Å². The van der Waals surface area contributed by atoms with Crippen LogP contribution in [0.4, 0.5) is 0 Å². The number of carbonyl (C=O) groups is 1. The number of hydrogen-bond acceptors (Lipinski definition) is 3. The summed E-state index contributed by atoms with van der Waals surface area (Å²) in [5.41, 5.74) is -0.644. The summed E-state index contributed by atoms with van der Waals surface area (Å²) in [5, 5.41) is 13.9. The van der Waals surface area contributed by atoms with E-state index < -0.39 is 5.60 Å². The van der Waals surface area contributed by atoms with Gasteiger partial charge in [0.1, 0.15) is 0 Å². The number of amides is 1. The Hall–Kier alpha value is -0.610. The molecule has 4 nitrogen and oxygen atoms in total. The van der Waals surface area contributed by atoms with Crippen molar-refractivity contribution < 1.29 is 9.90 Å². The fraction of sp³-hybridized carbons (Fsp3) is 0.933. The van der Waals surface area contributed by atoms with E-state index in [0.29, 0.717) is 18.5 Å². The van der Waals surface area contributed by atoms with Crippen LogP contribution < -0.4 is 5.32 Å². The van der Waals surface area contributed by atoms with E-state index in [-0.39, 0.29) is 11.9 Å². The van der Waals surface area contributed by atoms with Crippen molar-refractivity contribution in [1.29, 1.82) is 0 Å². The molecule has 19 heavy (non-hydrogen) atoms. The van der Waals surface area contributed by atoms with Gasteiger partial charge in [-0.15, -0.1) is 0 Å². The molecule has 4 heteroatoms. The highest BCUT2D eigenvalue weighted by Gasteiger charge is 2.39. The molecule has 1 aliphatic carbocycles. The standard InChI is InChI=1S/C15H28N2O2/c1-11(2)16-13-6-9-17(14(13)18)10-15(19)7-4-12(3)5-8-15/h11-13,16,19H,4-10H2,1-3H3. The first kappa shape index (κ1) is 14.8. The first-order chi connectivity index (χ1) is 8.89. The fourth-order valence-electron chi connectivity index (χ4n) is 3.27. The number of rotatable bonds is 4. The SMILES string of the molecule is CC1CCC(O)(CN2CCC(NC(C)C)C2=O)CC1. The molecule has 1 atom stereocenters. The Balaban J connectivity index is 1.88. The van der Waals surface area contributed by atoms with Gasteiger partial charge < -0.3 is 15.3 Å². The zero-order valence-electron chi connectivity index (χ0n) is 12.5. The molecule has 2 fully saturated rings. The summed E-state index contributed by atoms with van der Waals surface area (Å²) in [6, 6.07) is 0.277. The molecular formula is C15H28N2O2. The molecule has 110 valence electrons. The molecule has 0 aromatic rings. The van der Waals surface area contributed by atoms with Crippen LogP contribution in [-0.2, 0) is 4.79 Å². The van der Waals surface area contributed by atoms with Crippen LogP contribution in [-0.4, -0.2) is 46.7 Å². The Morgan fingerprint density at radius 1 is 1.37 bits per heavy atom. The van der Waals surface area contributed by atoms with Crippen LogP contribution in [0.3, 0.4) is 0 Å². The molecule has 0 spiro atoms. The number of likely N-dealkylation sites (tertiary alicyclic amines) is 1. The fourth-order valence-corrected chi connectivity index (χ4v) is 3.27. The van der Waals surface area contributed by atoms with E-state index in [1.807, 2.05) is 4.90 Å². The molecular weight excluding hydrogens is 240 g/mol. The summed E-state index contributed by atoms with van der Waals surface area (Å²) in [4.78, 5) is 14.1. The molecule has 1 saturated carbocycles. The highest BCUT2D eigenvalue weighted by atomic mass is 16.3. The lowest BCUT2D eigenvalue weighted by Gasteiger charge is -2.37. The van der Waals surface area contributed by atoms with Crippen LogP contribution >= 0.6 is 0 Å². The van der Waals surface area contributed by atoms with E-state index in [4.69, 9.17) is 0 Å². The van der Waals surface area contributed by atoms with Gasteiger partial charge in [-0.1, -0.05) is 20.8 Å². The highest BCUT2D eigenvalue weighted by Crippen LogP contribution is 2.33. The summed E-state index contributed by atoms with van der Waals surface area (Å²) in [6.07, 6.45) is 4.68. The van der Waals surface area contributed by atoms with Crippen molar-refractivity contribution in [2.75, 3.05) is 13.1 Å². The number of hydrogen-bond donors (Lipinski definition) is 2. The minimum Gasteiger partial charge on any atom is -0.388 e. The first-order valence-corrected chi connectivity index (χ1v) is 7.67. The lowest BCUT2D eigenvalue weighted by molar-refractivity contribution is -0.133. The van der Waals surface area contributed by atoms with Crippen molar-refractivity contribution in [3.63, 3.8) is 0 Å². The largest absolute Gasteiger partial charge is 0.388 e. The average Bonchev–Trinajstić information content (AvgIpc) is 2.65. The van der Waals surface area contributed by atoms with Crippen LogP contribution in [0.25, 0.3) is 0 Å². The van der Waals surface area contributed by atoms with E-state index >= 15 is 0 Å². The average molecular weight is 268 g/mol. The van der Waals surface area contributed by atoms with Crippen LogP contribution in [0.5, 0.6) is 0 Å². The van der Waals surface area contributed by atoms with E-state index in [9.17, 15) is 9.90 Å². The third-order valence-corrected chi connectivity index (χ3v) is 4.52. The molecule has 0 radical (unpaired) electrons. The maximum atomic E-state index is 12.3. The second-order valence-corrected chi connectivity index (χ2v) is 6.83. The predicted molar refractivity (Wildman–Crippen MR) is 75.8 cm³/mol. The lowest BCUT2D eigenvalue weighted by atomic mass is 9.79. The zero-order valence-corrected chi connectivity index (χ0v) is 12.5. The van der Waals surface area contributed by atoms with Crippen molar-refractivity contribution in [3.8, 4) is 0 Å². The Kier molecular flexibility index (Phi) is 4.51. The summed E-state index contributed by atoms with van der Waals surface area (Å²) in [7, 11) is 0. The number of β-amino-alcohol motifs (C(OH)–C–C–N with tert-alkyl or cyclic N) is 1. The predicted octanol–water partition coefficient (Wildman–Crippen LogP) is 1.53. The first-order valence-electron chi connectivity index (χ1n) is 7.67. The molecule has 1 saturated heterocycles. The van der Waals surface area contributed by atoms with Gasteiger partial charge in [-0.25, -0.2) is 0 Å². The Labute approximate surface area is 116 Å². The van der Waals surface area contributed by atoms with Gasteiger partial charge >= 0.3 is 0 Å². The van der Waals surface area contributed by atoms with E-state index in [2.05, 4.69) is 26.1 Å². The molecule has 2 rings (SSSR count). The molecule has 2 N–H and O–H groups in total. The minimum absolute atomic E-state index is 0.0499. The molecule has 2 aliphatic rings. The molecule has 1 aliphatic heterocycles. The van der Waals surface area contributed by atoms with E-state index in [1.165, 1.54) is 0 Å². The van der Waals surface area contributed by atoms with Gasteiger partial charge in [-0.05, 0) is 38.0 Å². The normalized spacial score (nSPS) is 36.3. The van der Waals surface area contributed by atoms with Gasteiger partial charge in [0, 0.05) is 19.1 Å². The van der Waals surface area contributed by atoms with Gasteiger partial charge in [0.05, 0.1) is 11.6 Å². The van der Waals surface area contributed by atoms with Crippen LogP contribution in [0.15, 0.2) is 0 Å². The maximum Gasteiger partial charge on any atom is 0.239 e. The van der Waals surface area contributed by atoms with Crippen molar-refractivity contribution in [1.82, 2.24) is 10.2 Å². The van der Waals surface area contributed by atoms with Gasteiger partial charge in [0.2, 0.25) is 5.91 Å². The van der Waals surface area contributed by atoms with Crippen LogP contribution in [0.1, 0.15) is 52.9 Å². The molecule has 1 heterocycles. The minimum atomic E-state index is -0.644. The van der Waals surface area contributed by atoms with Crippen molar-refractivity contribution in [3.05, 3.63) is 0 Å². The maximum absolute atomic E-state index is 12.3. The third-order valence-electron chi connectivity index (χ3n) is 4.52. The Morgan fingerprint density at radius 3 is 2.58 bits per heavy atom. The second kappa shape index (κ2) is 5.80. The van der Waals surface area contributed by atoms with Gasteiger partial charge in [-0.2, -0.15) is 0 Å². The zero-order chi connectivity index (χ0) is 14.0. The van der Waals surface area contributed by atoms with Crippen LogP contribution in [0, 0.1) is 5.92 Å². The number of carbonyl (C=O) groups excluding carboxylic acids is 1. The molecule has 1 amide bonds. The molecule has 0 aromatic heterocycles. The summed E-state index contributed by atoms with van der Waals surface area (Å²) >= 11 is 0. The topological polar surface area (TPSA) is 52.6 Å². The molecule has 1 unspecified atom stereocenters. The summed E-state index contributed by atoms with van der Waals surface area (Å²) in [6.45, 7) is 7.66. The van der Waals surface area contributed by atoms with E-state index in [1.54, 1.807) is 0 Å². The second-order valence-electron chi connectivity index (χ2n) is 6.83. The Morgan fingerprint density at radius 2 is 2.00 bits per heavy atom. The molecule has 0 bridgehead atoms. The number of nitrogens with one attached hydrogen (secondary N) is 1. The van der Waals surface area contributed by atoms with Crippen molar-refractivity contribution in [2.24, 2.45) is 5.92 Å². The monoisotopic (exact) mass is 268 g/mol. The van der Waals surface area contributed by atoms with E-state index in [0.717, 1.165) is 38.6 Å². The summed E-state index contributed by atoms with van der Waals surface area (Å²) < 4.78 is 0. The molecule has 0 aromatic carbocycles. The Bertz CT molecular complexity index is 322. The summed E-state index contributed by atoms with van der Waals surface area (Å²) in [5.74, 6) is 0.880. The number of nitrogens with zero attached hydrogens (tertiary/aromatic N) is 1. The quantitative estimate of drug-likeness (QED) is 0.813. The number of aliphatic hydroxyl groups is 1. The van der Waals surface area contributed by atoms with Gasteiger partial charge in [0.15, 0.2) is 0 Å². The van der Waals surface area contributed by atoms with Crippen LogP contribution in [0.2, 0.25) is 0 Å². The van der Waals surface area contributed by atoms with Gasteiger partial charge in [0.25, 0.3) is 0 Å². The third kappa shape index (κ3) is 3.69. The smallest absolute Gasteiger partial charge is 0.239 e. The van der Waals surface area contributed by atoms with Crippen molar-refractivity contribution >= 4 is 5.91 Å². The van der Waals surface area contributed by atoms with Crippen molar-refractivity contribution in [2.45, 2.75) is 70.6 Å².